The fourth-order valence-electron chi connectivity index (χ4n) is 2.33. The smallest absolute Gasteiger partial charge is 0.224 e. The number of pyridine rings is 1. The van der Waals surface area contributed by atoms with E-state index in [1.165, 1.54) is 0 Å². The summed E-state index contributed by atoms with van der Waals surface area (Å²) in [4.78, 5) is 4.51. The number of nitrogens with two attached hydrogens (primary N) is 1. The van der Waals surface area contributed by atoms with E-state index in [-0.39, 0.29) is 0 Å². The van der Waals surface area contributed by atoms with E-state index in [0.29, 0.717) is 18.3 Å². The van der Waals surface area contributed by atoms with Crippen molar-refractivity contribution >= 4 is 15.9 Å². The van der Waals surface area contributed by atoms with Gasteiger partial charge in [0.1, 0.15) is 5.75 Å². The van der Waals surface area contributed by atoms with Crippen LogP contribution in [0.4, 0.5) is 0 Å². The Labute approximate surface area is 134 Å². The maximum atomic E-state index is 6.10. The third kappa shape index (κ3) is 3.63. The molecule has 0 radical (unpaired) electrons. The quantitative estimate of drug-likeness (QED) is 0.860. The highest BCUT2D eigenvalue weighted by molar-refractivity contribution is 9.10. The van der Waals surface area contributed by atoms with Gasteiger partial charge in [0.2, 0.25) is 5.88 Å². The lowest BCUT2D eigenvalue weighted by molar-refractivity contribution is 0.446. The van der Waals surface area contributed by atoms with Crippen LogP contribution in [0, 0.1) is 13.8 Å². The van der Waals surface area contributed by atoms with Crippen molar-refractivity contribution in [3.05, 3.63) is 51.1 Å². The molecule has 0 saturated carbocycles. The molecule has 0 unspecified atom stereocenters. The van der Waals surface area contributed by atoms with E-state index in [0.717, 1.165) is 32.6 Å². The number of aromatic nitrogens is 1. The monoisotopic (exact) mass is 348 g/mol. The summed E-state index contributed by atoms with van der Waals surface area (Å²) >= 11 is 3.51. The van der Waals surface area contributed by atoms with Gasteiger partial charge in [0.25, 0.3) is 0 Å². The first kappa shape index (κ1) is 16.0. The summed E-state index contributed by atoms with van der Waals surface area (Å²) in [6.07, 6.45) is 0. The van der Waals surface area contributed by atoms with Gasteiger partial charge < -0.3 is 10.5 Å². The maximum absolute atomic E-state index is 6.10. The van der Waals surface area contributed by atoms with Gasteiger partial charge in [-0.15, -0.1) is 0 Å². The molecule has 3 nitrogen and oxygen atoms in total. The van der Waals surface area contributed by atoms with Gasteiger partial charge in [0, 0.05) is 22.3 Å². The van der Waals surface area contributed by atoms with Crippen molar-refractivity contribution in [1.82, 2.24) is 4.98 Å². The number of hydrogen-bond donors (Lipinski definition) is 1. The van der Waals surface area contributed by atoms with Gasteiger partial charge in [0.05, 0.1) is 0 Å². The molecule has 0 aliphatic rings. The van der Waals surface area contributed by atoms with Crippen molar-refractivity contribution in [1.29, 1.82) is 0 Å². The topological polar surface area (TPSA) is 48.1 Å². The molecule has 4 heteroatoms. The molecule has 1 heterocycles. The summed E-state index contributed by atoms with van der Waals surface area (Å²) in [5.41, 5.74) is 10.0. The molecule has 0 aliphatic carbocycles. The largest absolute Gasteiger partial charge is 0.438 e. The molecule has 0 spiro atoms. The van der Waals surface area contributed by atoms with Crippen LogP contribution < -0.4 is 10.5 Å². The Balaban J connectivity index is 2.48. The Bertz CT molecular complexity index is 653. The summed E-state index contributed by atoms with van der Waals surface area (Å²) in [5.74, 6) is 1.81. The van der Waals surface area contributed by atoms with Crippen molar-refractivity contribution in [2.45, 2.75) is 40.2 Å². The summed E-state index contributed by atoms with van der Waals surface area (Å²) in [6, 6.07) is 8.07. The molecule has 21 heavy (non-hydrogen) atoms. The lowest BCUT2D eigenvalue weighted by Gasteiger charge is -2.17. The predicted octanol–water partition coefficient (Wildman–Crippen LogP) is 4.84. The first-order chi connectivity index (χ1) is 9.92. The fourth-order valence-corrected chi connectivity index (χ4v) is 2.71. The Morgan fingerprint density at radius 3 is 2.57 bits per heavy atom. The Hall–Kier alpha value is -1.39. The number of nitrogens with zero attached hydrogens (tertiary/aromatic N) is 1. The van der Waals surface area contributed by atoms with E-state index in [1.54, 1.807) is 0 Å². The zero-order valence-corrected chi connectivity index (χ0v) is 14.5. The second-order valence-corrected chi connectivity index (χ2v) is 6.42. The molecule has 0 aliphatic heterocycles. The molecule has 1 aromatic carbocycles. The molecule has 1 aromatic heterocycles. The number of ether oxygens (including phenoxy) is 1. The van der Waals surface area contributed by atoms with Crippen molar-refractivity contribution < 1.29 is 4.74 Å². The predicted molar refractivity (Wildman–Crippen MR) is 89.9 cm³/mol. The van der Waals surface area contributed by atoms with E-state index < -0.39 is 0 Å². The summed E-state index contributed by atoms with van der Waals surface area (Å²) < 4.78 is 7.14. The van der Waals surface area contributed by atoms with E-state index in [9.17, 15) is 0 Å². The molecule has 0 fully saturated rings. The van der Waals surface area contributed by atoms with E-state index in [2.05, 4.69) is 40.8 Å². The van der Waals surface area contributed by atoms with Gasteiger partial charge in [-0.2, -0.15) is 0 Å². The second kappa shape index (κ2) is 6.58. The highest BCUT2D eigenvalue weighted by atomic mass is 79.9. The summed E-state index contributed by atoms with van der Waals surface area (Å²) in [7, 11) is 0. The Morgan fingerprint density at radius 1 is 1.24 bits per heavy atom. The zero-order chi connectivity index (χ0) is 15.6. The van der Waals surface area contributed by atoms with Crippen molar-refractivity contribution in [2.75, 3.05) is 0 Å². The highest BCUT2D eigenvalue weighted by Crippen LogP contribution is 2.34. The highest BCUT2D eigenvalue weighted by Gasteiger charge is 2.14. The third-order valence-electron chi connectivity index (χ3n) is 3.44. The lowest BCUT2D eigenvalue weighted by Crippen LogP contribution is -2.06. The molecule has 0 amide bonds. The molecular weight excluding hydrogens is 328 g/mol. The minimum Gasteiger partial charge on any atom is -0.438 e. The van der Waals surface area contributed by atoms with Gasteiger partial charge in [-0.3, -0.25) is 0 Å². The number of benzene rings is 1. The van der Waals surface area contributed by atoms with Crippen LogP contribution in [-0.2, 0) is 6.54 Å². The van der Waals surface area contributed by atoms with E-state index in [1.807, 2.05) is 32.0 Å². The fraction of sp³-hybridized carbons (Fsp3) is 0.353. The number of rotatable bonds is 4. The first-order valence-corrected chi connectivity index (χ1v) is 7.86. The molecule has 0 bridgehead atoms. The zero-order valence-electron chi connectivity index (χ0n) is 12.9. The van der Waals surface area contributed by atoms with Crippen LogP contribution in [-0.4, -0.2) is 4.98 Å². The Morgan fingerprint density at radius 2 is 1.95 bits per heavy atom. The van der Waals surface area contributed by atoms with Crippen molar-refractivity contribution in [3.63, 3.8) is 0 Å². The first-order valence-electron chi connectivity index (χ1n) is 7.07. The number of halogens is 1. The summed E-state index contributed by atoms with van der Waals surface area (Å²) in [5, 5.41) is 0. The molecule has 2 aromatic rings. The van der Waals surface area contributed by atoms with Crippen LogP contribution in [0.2, 0.25) is 0 Å². The van der Waals surface area contributed by atoms with Crippen LogP contribution in [0.15, 0.2) is 28.7 Å². The van der Waals surface area contributed by atoms with Gasteiger partial charge in [-0.25, -0.2) is 4.98 Å². The normalized spacial score (nSPS) is 11.0. The third-order valence-corrected chi connectivity index (χ3v) is 3.94. The average Bonchev–Trinajstić information content (AvgIpc) is 2.40. The lowest BCUT2D eigenvalue weighted by atomic mass is 10.0. The molecular formula is C17H21BrN2O. The average molecular weight is 349 g/mol. The van der Waals surface area contributed by atoms with E-state index in [4.69, 9.17) is 10.5 Å². The Kier molecular flexibility index (Phi) is 5.01. The number of aryl methyl sites for hydroxylation is 2. The van der Waals surface area contributed by atoms with Crippen LogP contribution >= 0.6 is 15.9 Å². The molecule has 112 valence electrons. The van der Waals surface area contributed by atoms with Gasteiger partial charge in [0.15, 0.2) is 0 Å². The van der Waals surface area contributed by atoms with Crippen LogP contribution in [0.25, 0.3) is 0 Å². The van der Waals surface area contributed by atoms with Gasteiger partial charge >= 0.3 is 0 Å². The minimum atomic E-state index is 0.365. The van der Waals surface area contributed by atoms with Crippen molar-refractivity contribution in [2.24, 2.45) is 5.73 Å². The number of hydrogen-bond acceptors (Lipinski definition) is 3. The summed E-state index contributed by atoms with van der Waals surface area (Å²) in [6.45, 7) is 8.71. The van der Waals surface area contributed by atoms with Crippen LogP contribution in [0.5, 0.6) is 11.6 Å². The van der Waals surface area contributed by atoms with Gasteiger partial charge in [-0.1, -0.05) is 29.8 Å². The van der Waals surface area contributed by atoms with Crippen molar-refractivity contribution in [3.8, 4) is 11.6 Å². The van der Waals surface area contributed by atoms with E-state index >= 15 is 0 Å². The van der Waals surface area contributed by atoms with Gasteiger partial charge in [-0.05, 0) is 55.2 Å². The molecule has 2 rings (SSSR count). The maximum Gasteiger partial charge on any atom is 0.224 e. The second-order valence-electron chi connectivity index (χ2n) is 5.51. The molecule has 2 N–H and O–H groups in total. The standard InChI is InChI=1S/C17H21BrN2O/c1-10(2)14-8-13(18)5-6-16(14)21-17-15(9-19)11(3)7-12(4)20-17/h5-8,10H,9,19H2,1-4H3. The minimum absolute atomic E-state index is 0.365. The molecule has 0 saturated heterocycles. The van der Waals surface area contributed by atoms with Crippen LogP contribution in [0.1, 0.15) is 42.1 Å². The SMILES string of the molecule is Cc1cc(C)c(CN)c(Oc2ccc(Br)cc2C(C)C)n1. The molecule has 0 atom stereocenters. The van der Waals surface area contributed by atoms with Crippen LogP contribution in [0.3, 0.4) is 0 Å².